The minimum absolute atomic E-state index is 0.348. The average Bonchev–Trinajstić information content (AvgIpc) is 2.54. The largest absolute Gasteiger partial charge is 0.423 e. The molecule has 0 aliphatic carbocycles. The molecular weight excluding hydrogens is 280 g/mol. The van der Waals surface area contributed by atoms with E-state index in [1.54, 1.807) is 49.4 Å². The molecule has 0 saturated heterocycles. The number of rotatable bonds is 2. The van der Waals surface area contributed by atoms with Gasteiger partial charge >= 0.3 is 11.6 Å². The second-order valence-electron chi connectivity index (χ2n) is 5.05. The Bertz CT molecular complexity index is 908. The lowest BCUT2D eigenvalue weighted by Crippen LogP contribution is -2.09. The second kappa shape index (κ2) is 5.48. The Labute approximate surface area is 127 Å². The first-order valence-corrected chi connectivity index (χ1v) is 6.87. The zero-order chi connectivity index (χ0) is 15.7. The van der Waals surface area contributed by atoms with Gasteiger partial charge in [-0.3, -0.25) is 0 Å². The highest BCUT2D eigenvalue weighted by Gasteiger charge is 2.11. The quantitative estimate of drug-likeness (QED) is 0.411. The first kappa shape index (κ1) is 14.1. The van der Waals surface area contributed by atoms with E-state index in [1.165, 1.54) is 0 Å². The Morgan fingerprint density at radius 1 is 1.00 bits per heavy atom. The van der Waals surface area contributed by atoms with Crippen LogP contribution in [0.1, 0.15) is 21.5 Å². The Morgan fingerprint density at radius 3 is 2.45 bits per heavy atom. The number of hydrogen-bond donors (Lipinski definition) is 0. The summed E-state index contributed by atoms with van der Waals surface area (Å²) in [7, 11) is 0. The Balaban J connectivity index is 1.99. The highest BCUT2D eigenvalue weighted by atomic mass is 16.5. The molecule has 0 unspecified atom stereocenters. The van der Waals surface area contributed by atoms with Crippen molar-refractivity contribution in [1.82, 2.24) is 0 Å². The molecule has 0 atom stereocenters. The molecule has 110 valence electrons. The van der Waals surface area contributed by atoms with Crippen LogP contribution in [0.15, 0.2) is 57.7 Å². The van der Waals surface area contributed by atoms with Gasteiger partial charge in [-0.25, -0.2) is 9.59 Å². The third-order valence-electron chi connectivity index (χ3n) is 3.65. The van der Waals surface area contributed by atoms with Gasteiger partial charge in [-0.1, -0.05) is 18.2 Å². The molecule has 4 heteroatoms. The van der Waals surface area contributed by atoms with E-state index in [2.05, 4.69) is 0 Å². The molecule has 0 bridgehead atoms. The van der Waals surface area contributed by atoms with E-state index in [9.17, 15) is 9.59 Å². The minimum atomic E-state index is -0.424. The normalized spacial score (nSPS) is 10.6. The molecular formula is C18H14O4. The van der Waals surface area contributed by atoms with Gasteiger partial charge in [0, 0.05) is 10.9 Å². The van der Waals surface area contributed by atoms with Crippen molar-refractivity contribution in [3.63, 3.8) is 0 Å². The molecule has 0 spiro atoms. The molecule has 0 radical (unpaired) electrons. The Morgan fingerprint density at radius 2 is 1.73 bits per heavy atom. The van der Waals surface area contributed by atoms with E-state index in [0.717, 1.165) is 10.9 Å². The Hall–Kier alpha value is -2.88. The van der Waals surface area contributed by atoms with E-state index in [0.29, 0.717) is 22.5 Å². The maximum Gasteiger partial charge on any atom is 0.343 e. The fraction of sp³-hybridized carbons (Fsp3) is 0.111. The van der Waals surface area contributed by atoms with Crippen LogP contribution in [0.5, 0.6) is 5.75 Å². The van der Waals surface area contributed by atoms with Crippen LogP contribution in [-0.2, 0) is 0 Å². The van der Waals surface area contributed by atoms with Gasteiger partial charge in [0.1, 0.15) is 11.3 Å². The summed E-state index contributed by atoms with van der Waals surface area (Å²) in [6.07, 6.45) is 0. The molecule has 22 heavy (non-hydrogen) atoms. The van der Waals surface area contributed by atoms with Crippen LogP contribution in [0.3, 0.4) is 0 Å². The van der Waals surface area contributed by atoms with Crippen molar-refractivity contribution in [2.24, 2.45) is 0 Å². The SMILES string of the molecule is Cc1c(C)c2cc(OC(=O)c3ccccc3)ccc2oc1=O. The molecule has 0 N–H and O–H groups in total. The number of ether oxygens (including phenoxy) is 1. The van der Waals surface area contributed by atoms with Crippen molar-refractivity contribution in [1.29, 1.82) is 0 Å². The molecule has 0 aliphatic heterocycles. The van der Waals surface area contributed by atoms with Gasteiger partial charge < -0.3 is 9.15 Å². The monoisotopic (exact) mass is 294 g/mol. The molecule has 0 saturated carbocycles. The summed E-state index contributed by atoms with van der Waals surface area (Å²) < 4.78 is 10.6. The fourth-order valence-corrected chi connectivity index (χ4v) is 2.23. The number of carbonyl (C=O) groups excluding carboxylic acids is 1. The maximum atomic E-state index is 12.1. The number of benzene rings is 2. The molecule has 0 fully saturated rings. The lowest BCUT2D eigenvalue weighted by Gasteiger charge is -2.07. The van der Waals surface area contributed by atoms with E-state index in [1.807, 2.05) is 13.0 Å². The van der Waals surface area contributed by atoms with Gasteiger partial charge in [0.2, 0.25) is 0 Å². The number of fused-ring (bicyclic) bond motifs is 1. The van der Waals surface area contributed by atoms with Crippen LogP contribution >= 0.6 is 0 Å². The lowest BCUT2D eigenvalue weighted by atomic mass is 10.1. The van der Waals surface area contributed by atoms with Crippen molar-refractivity contribution in [2.45, 2.75) is 13.8 Å². The third kappa shape index (κ3) is 2.51. The topological polar surface area (TPSA) is 56.5 Å². The molecule has 1 aromatic heterocycles. The van der Waals surface area contributed by atoms with Crippen LogP contribution in [0.25, 0.3) is 11.0 Å². The lowest BCUT2D eigenvalue weighted by molar-refractivity contribution is 0.0735. The first-order valence-electron chi connectivity index (χ1n) is 6.87. The van der Waals surface area contributed by atoms with Crippen LogP contribution in [0, 0.1) is 13.8 Å². The highest BCUT2D eigenvalue weighted by Crippen LogP contribution is 2.24. The van der Waals surface area contributed by atoms with Crippen LogP contribution in [0.4, 0.5) is 0 Å². The maximum absolute atomic E-state index is 12.1. The molecule has 0 amide bonds. The van der Waals surface area contributed by atoms with Crippen LogP contribution < -0.4 is 10.4 Å². The number of hydrogen-bond acceptors (Lipinski definition) is 4. The summed E-state index contributed by atoms with van der Waals surface area (Å²) in [5.74, 6) is -0.00980. The smallest absolute Gasteiger partial charge is 0.343 e. The minimum Gasteiger partial charge on any atom is -0.423 e. The second-order valence-corrected chi connectivity index (χ2v) is 5.05. The summed E-state index contributed by atoms with van der Waals surface area (Å²) >= 11 is 0. The van der Waals surface area contributed by atoms with Crippen LogP contribution in [0.2, 0.25) is 0 Å². The van der Waals surface area contributed by atoms with Gasteiger partial charge in [0.25, 0.3) is 0 Å². The van der Waals surface area contributed by atoms with E-state index >= 15 is 0 Å². The number of carbonyl (C=O) groups is 1. The molecule has 2 aromatic carbocycles. The van der Waals surface area contributed by atoms with E-state index in [4.69, 9.17) is 9.15 Å². The summed E-state index contributed by atoms with van der Waals surface area (Å²) in [5, 5.41) is 0.760. The molecule has 3 aromatic rings. The van der Waals surface area contributed by atoms with E-state index < -0.39 is 5.97 Å². The van der Waals surface area contributed by atoms with Crippen molar-refractivity contribution in [3.05, 3.63) is 75.6 Å². The van der Waals surface area contributed by atoms with Crippen molar-refractivity contribution in [3.8, 4) is 5.75 Å². The standard InChI is InChI=1S/C18H14O4/c1-11-12(2)17(19)22-16-9-8-14(10-15(11)16)21-18(20)13-6-4-3-5-7-13/h3-10H,1-2H3. The van der Waals surface area contributed by atoms with Crippen LogP contribution in [-0.4, -0.2) is 5.97 Å². The number of aryl methyl sites for hydroxylation is 1. The fourth-order valence-electron chi connectivity index (χ4n) is 2.23. The third-order valence-corrected chi connectivity index (χ3v) is 3.65. The van der Waals surface area contributed by atoms with Crippen molar-refractivity contribution in [2.75, 3.05) is 0 Å². The summed E-state index contributed by atoms with van der Waals surface area (Å²) in [6, 6.07) is 13.7. The van der Waals surface area contributed by atoms with Gasteiger partial charge in [0.05, 0.1) is 5.56 Å². The summed E-state index contributed by atoms with van der Waals surface area (Å²) in [5.41, 5.74) is 1.99. The number of esters is 1. The molecule has 3 rings (SSSR count). The van der Waals surface area contributed by atoms with Crippen molar-refractivity contribution < 1.29 is 13.9 Å². The van der Waals surface area contributed by atoms with Gasteiger partial charge in [-0.2, -0.15) is 0 Å². The van der Waals surface area contributed by atoms with Crippen molar-refractivity contribution >= 4 is 16.9 Å². The zero-order valence-corrected chi connectivity index (χ0v) is 12.3. The first-order chi connectivity index (χ1) is 10.6. The Kier molecular flexibility index (Phi) is 3.51. The highest BCUT2D eigenvalue weighted by molar-refractivity contribution is 5.92. The zero-order valence-electron chi connectivity index (χ0n) is 12.3. The summed E-state index contributed by atoms with van der Waals surface area (Å²) in [6.45, 7) is 3.56. The predicted molar refractivity (Wildman–Crippen MR) is 83.4 cm³/mol. The molecule has 4 nitrogen and oxygen atoms in total. The van der Waals surface area contributed by atoms with Gasteiger partial charge in [0.15, 0.2) is 0 Å². The van der Waals surface area contributed by atoms with E-state index in [-0.39, 0.29) is 5.63 Å². The average molecular weight is 294 g/mol. The summed E-state index contributed by atoms with van der Waals surface area (Å²) in [4.78, 5) is 23.7. The molecule has 1 heterocycles. The molecule has 0 aliphatic rings. The van der Waals surface area contributed by atoms with Gasteiger partial charge in [-0.05, 0) is 49.7 Å². The predicted octanol–water partition coefficient (Wildman–Crippen LogP) is 3.63. The van der Waals surface area contributed by atoms with Gasteiger partial charge in [-0.15, -0.1) is 0 Å².